The Kier molecular flexibility index (Phi) is 42.7. The van der Waals surface area contributed by atoms with Crippen LogP contribution in [-0.4, -0.2) is 128 Å². The maximum Gasteiger partial charge on any atom is 0.311 e. The number of aliphatic hydroxyl groups excluding tert-OH is 1. The number of unbranched alkanes of at least 4 members (excludes halogenated alkanes) is 3. The maximum absolute atomic E-state index is 12.0. The molecule has 2 aliphatic heterocycles. The van der Waals surface area contributed by atoms with E-state index in [1.165, 1.54) is 38.4 Å². The second-order valence-corrected chi connectivity index (χ2v) is 16.6. The molecule has 0 aromatic rings. The Morgan fingerprint density at radius 2 is 1.52 bits per heavy atom. The highest BCUT2D eigenvalue weighted by Crippen LogP contribution is 2.35. The van der Waals surface area contributed by atoms with E-state index in [0.29, 0.717) is 31.5 Å². The molecule has 0 aromatic heterocycles. The van der Waals surface area contributed by atoms with Gasteiger partial charge in [0, 0.05) is 39.0 Å². The number of carboxylic acids is 1. The van der Waals surface area contributed by atoms with Crippen LogP contribution in [0.2, 0.25) is 0 Å². The van der Waals surface area contributed by atoms with E-state index < -0.39 is 47.9 Å². The molecular formula is C48H98N2O11. The molecule has 12 atom stereocenters. The Labute approximate surface area is 374 Å². The van der Waals surface area contributed by atoms with Crippen molar-refractivity contribution in [2.45, 2.75) is 216 Å². The fourth-order valence-electron chi connectivity index (χ4n) is 6.47. The third-order valence-electron chi connectivity index (χ3n) is 10.1. The first-order chi connectivity index (χ1) is 28.5. The molecule has 0 aliphatic carbocycles. The first-order valence-corrected chi connectivity index (χ1v) is 23.0. The molecule has 1 saturated heterocycles. The van der Waals surface area contributed by atoms with Crippen molar-refractivity contribution in [2.24, 2.45) is 23.5 Å². The lowest BCUT2D eigenvalue weighted by atomic mass is 9.78. The van der Waals surface area contributed by atoms with Crippen molar-refractivity contribution in [1.82, 2.24) is 4.90 Å². The summed E-state index contributed by atoms with van der Waals surface area (Å²) in [7, 11) is 6.99. The summed E-state index contributed by atoms with van der Waals surface area (Å²) in [5.74, 6) is -2.57. The van der Waals surface area contributed by atoms with Crippen LogP contribution >= 0.6 is 0 Å². The van der Waals surface area contributed by atoms with Gasteiger partial charge in [0.25, 0.3) is 5.97 Å². The fraction of sp³-hybridized carbons (Fsp3) is 0.875. The van der Waals surface area contributed by atoms with E-state index in [2.05, 4.69) is 52.5 Å². The number of ether oxygens (including phenoxy) is 6. The van der Waals surface area contributed by atoms with Gasteiger partial charge in [0.1, 0.15) is 0 Å². The number of carbonyl (C=O) groups is 2. The topological polar surface area (TPSA) is 179 Å². The van der Waals surface area contributed by atoms with Gasteiger partial charge in [-0.15, -0.1) is 0 Å². The van der Waals surface area contributed by atoms with Crippen molar-refractivity contribution >= 4 is 11.9 Å². The van der Waals surface area contributed by atoms with Gasteiger partial charge in [-0.25, -0.2) is 0 Å². The van der Waals surface area contributed by atoms with Gasteiger partial charge in [-0.2, -0.15) is 0 Å². The van der Waals surface area contributed by atoms with E-state index >= 15 is 0 Å². The van der Waals surface area contributed by atoms with Crippen LogP contribution in [0.5, 0.6) is 0 Å². The molecule has 1 fully saturated rings. The number of carbonyl (C=O) groups excluding carboxylic acids is 1. The lowest BCUT2D eigenvalue weighted by Gasteiger charge is -2.44. The minimum Gasteiger partial charge on any atom is -0.481 e. The van der Waals surface area contributed by atoms with Gasteiger partial charge >= 0.3 is 5.97 Å². The molecule has 2 heterocycles. The number of methoxy groups -OCH3 is 2. The van der Waals surface area contributed by atoms with Gasteiger partial charge in [0.15, 0.2) is 12.6 Å². The second kappa shape index (κ2) is 39.6. The zero-order valence-corrected chi connectivity index (χ0v) is 42.5. The highest BCUT2D eigenvalue weighted by molar-refractivity contribution is 5.72. The molecule has 0 bridgehead atoms. The van der Waals surface area contributed by atoms with Gasteiger partial charge in [-0.1, -0.05) is 98.8 Å². The maximum atomic E-state index is 12.0. The summed E-state index contributed by atoms with van der Waals surface area (Å²) >= 11 is 0. The standard InChI is InChI=1S/C22H44N2O6.C9H14O2.C7H16O.C6H14.C2H4O2.C2H6/c1-13(12-23)11-22(5,27)20(15(3)19(25)16(4)21(26)28-8)30-18-10-17(24(6)7)9-14(2)29-18;1-7-4-5-9(10-3)11-8(2)6-7;1-4-6-8-7(3)5-2;1-3-5-6-4-2;1-2(3)4;1-2/h13-20,25,27H,9-12,23H2,1-8H3;4-6,8-9H,1-3H3;7H,4-6H2,1-3H3;3-6H2,1-2H3;1H3,(H,3,4);1-2H3/t13-,14?,15+,16?,17?,18?,19+,20-,22-;;;;;/m1...../s1. The van der Waals surface area contributed by atoms with Crippen molar-refractivity contribution in [3.05, 3.63) is 23.8 Å². The predicted molar refractivity (Wildman–Crippen MR) is 250 cm³/mol. The summed E-state index contributed by atoms with van der Waals surface area (Å²) in [6.45, 7) is 30.4. The summed E-state index contributed by atoms with van der Waals surface area (Å²) in [5, 5.41) is 29.7. The van der Waals surface area contributed by atoms with Crippen LogP contribution in [0.15, 0.2) is 23.8 Å². The molecule has 0 saturated carbocycles. The van der Waals surface area contributed by atoms with E-state index in [0.717, 1.165) is 32.8 Å². The third kappa shape index (κ3) is 34.2. The number of carboxylic acid groups (broad SMARTS) is 1. The predicted octanol–water partition coefficient (Wildman–Crippen LogP) is 9.16. The van der Waals surface area contributed by atoms with Gasteiger partial charge in [-0.3, -0.25) is 9.59 Å². The summed E-state index contributed by atoms with van der Waals surface area (Å²) < 4.78 is 33.0. The summed E-state index contributed by atoms with van der Waals surface area (Å²) in [5.41, 5.74) is 5.73. The first-order valence-electron chi connectivity index (χ1n) is 23.0. The Hall–Kier alpha value is -1.94. The largest absolute Gasteiger partial charge is 0.481 e. The van der Waals surface area contributed by atoms with Gasteiger partial charge in [0.05, 0.1) is 49.1 Å². The molecule has 0 spiro atoms. The first kappa shape index (κ1) is 65.7. The summed E-state index contributed by atoms with van der Waals surface area (Å²) in [6.07, 6.45) is 13.8. The number of nitrogens with zero attached hydrogens (tertiary/aromatic N) is 1. The quantitative estimate of drug-likeness (QED) is 0.0714. The highest BCUT2D eigenvalue weighted by Gasteiger charge is 2.45. The molecule has 5 N–H and O–H groups in total. The Bertz CT molecular complexity index is 1100. The molecule has 13 nitrogen and oxygen atoms in total. The Morgan fingerprint density at radius 1 is 0.984 bits per heavy atom. The van der Waals surface area contributed by atoms with Gasteiger partial charge < -0.3 is 54.4 Å². The number of nitrogens with two attached hydrogens (primary N) is 1. The average Bonchev–Trinajstić information content (AvgIpc) is 3.39. The van der Waals surface area contributed by atoms with E-state index in [4.69, 9.17) is 44.1 Å². The number of allylic oxidation sites excluding steroid dienone is 2. The zero-order valence-electron chi connectivity index (χ0n) is 42.5. The van der Waals surface area contributed by atoms with Crippen LogP contribution in [0.1, 0.15) is 162 Å². The molecule has 366 valence electrons. The second-order valence-electron chi connectivity index (χ2n) is 16.6. The van der Waals surface area contributed by atoms with Crippen molar-refractivity contribution < 1.29 is 53.3 Å². The van der Waals surface area contributed by atoms with E-state index in [-0.39, 0.29) is 24.4 Å². The highest BCUT2D eigenvalue weighted by atomic mass is 16.7. The van der Waals surface area contributed by atoms with Crippen molar-refractivity contribution in [2.75, 3.05) is 41.5 Å². The lowest BCUT2D eigenvalue weighted by Crippen LogP contribution is -2.54. The Morgan fingerprint density at radius 3 is 1.95 bits per heavy atom. The summed E-state index contributed by atoms with van der Waals surface area (Å²) in [6, 6.07) is 0.293. The van der Waals surface area contributed by atoms with Crippen LogP contribution in [-0.2, 0) is 38.0 Å². The molecule has 0 radical (unpaired) electrons. The molecule has 2 rings (SSSR count). The minimum atomic E-state index is -1.27. The van der Waals surface area contributed by atoms with E-state index in [9.17, 15) is 15.0 Å². The number of aliphatic carboxylic acids is 1. The van der Waals surface area contributed by atoms with Crippen molar-refractivity contribution in [1.29, 1.82) is 0 Å². The zero-order chi connectivity index (χ0) is 48.3. The van der Waals surface area contributed by atoms with E-state index in [1.807, 2.05) is 60.9 Å². The molecule has 0 amide bonds. The fourth-order valence-corrected chi connectivity index (χ4v) is 6.47. The molecule has 0 aromatic carbocycles. The number of aliphatic hydroxyl groups is 2. The summed E-state index contributed by atoms with van der Waals surface area (Å²) in [4.78, 5) is 23.1. The Balaban J connectivity index is -0.000000422. The normalized spacial score (nSPS) is 23.4. The van der Waals surface area contributed by atoms with E-state index in [1.54, 1.807) is 27.9 Å². The smallest absolute Gasteiger partial charge is 0.311 e. The monoisotopic (exact) mass is 879 g/mol. The molecule has 61 heavy (non-hydrogen) atoms. The van der Waals surface area contributed by atoms with Crippen LogP contribution < -0.4 is 5.73 Å². The molecule has 2 aliphatic rings. The number of esters is 1. The number of hydrogen-bond donors (Lipinski definition) is 4. The van der Waals surface area contributed by atoms with Crippen LogP contribution in [0.3, 0.4) is 0 Å². The van der Waals surface area contributed by atoms with Crippen LogP contribution in [0, 0.1) is 17.8 Å². The van der Waals surface area contributed by atoms with Crippen molar-refractivity contribution in [3.63, 3.8) is 0 Å². The third-order valence-corrected chi connectivity index (χ3v) is 10.1. The molecule has 13 heteroatoms. The van der Waals surface area contributed by atoms with Crippen LogP contribution in [0.25, 0.3) is 0 Å². The van der Waals surface area contributed by atoms with Crippen molar-refractivity contribution in [3.8, 4) is 0 Å². The lowest BCUT2D eigenvalue weighted by molar-refractivity contribution is -0.267. The number of hydrogen-bond acceptors (Lipinski definition) is 12. The van der Waals surface area contributed by atoms with Crippen LogP contribution in [0.4, 0.5) is 0 Å². The van der Waals surface area contributed by atoms with Gasteiger partial charge in [-0.05, 0) is 99.9 Å². The number of rotatable bonds is 19. The molecular weight excluding hydrogens is 781 g/mol. The minimum absolute atomic E-state index is 0.0129. The van der Waals surface area contributed by atoms with Gasteiger partial charge in [0.2, 0.25) is 0 Å². The SMILES string of the molecule is CC.CC(=O)O.CCCCCC.CCCOC(C)CC.COC(=O)C(C)[C@@H](O)[C@H](C)[C@@H](OC1CC(N(C)C)CC(C)O1)[C@](C)(O)C[C@@H](C)CN.COC1C=CC(C)=CC(C)O1. The average molecular weight is 879 g/mol. The molecule has 7 unspecified atom stereocenters.